The number of halogens is 1. The molecule has 0 aromatic heterocycles. The first-order valence-electron chi connectivity index (χ1n) is 5.02. The monoisotopic (exact) mass is 193 g/mol. The van der Waals surface area contributed by atoms with E-state index in [1.165, 1.54) is 6.07 Å². The maximum absolute atomic E-state index is 13.4. The van der Waals surface area contributed by atoms with Crippen LogP contribution in [0.4, 0.5) is 4.39 Å². The van der Waals surface area contributed by atoms with Crippen molar-refractivity contribution in [1.82, 2.24) is 0 Å². The van der Waals surface area contributed by atoms with Crippen molar-refractivity contribution >= 4 is 0 Å². The maximum Gasteiger partial charge on any atom is 0.127 e. The van der Waals surface area contributed by atoms with E-state index >= 15 is 0 Å². The molecule has 14 heavy (non-hydrogen) atoms. The van der Waals surface area contributed by atoms with Gasteiger partial charge in [-0.15, -0.1) is 0 Å². The Morgan fingerprint density at radius 3 is 2.50 bits per heavy atom. The van der Waals surface area contributed by atoms with Gasteiger partial charge >= 0.3 is 0 Å². The third kappa shape index (κ3) is 1.55. The number of nitrogens with two attached hydrogens (primary N) is 1. The third-order valence-electron chi connectivity index (χ3n) is 3.29. The maximum atomic E-state index is 13.4. The summed E-state index contributed by atoms with van der Waals surface area (Å²) in [6.07, 6.45) is 1.10. The van der Waals surface area contributed by atoms with Crippen LogP contribution in [0.15, 0.2) is 24.3 Å². The summed E-state index contributed by atoms with van der Waals surface area (Å²) in [6.45, 7) is 4.36. The molecule has 0 radical (unpaired) electrons. The van der Waals surface area contributed by atoms with Crippen LogP contribution in [0.3, 0.4) is 0 Å². The lowest BCUT2D eigenvalue weighted by atomic mass is 9.97. The van der Waals surface area contributed by atoms with Crippen LogP contribution in [0.1, 0.15) is 31.9 Å². The number of hydrogen-bond acceptors (Lipinski definition) is 1. The fourth-order valence-corrected chi connectivity index (χ4v) is 2.08. The molecule has 1 saturated carbocycles. The predicted molar refractivity (Wildman–Crippen MR) is 55.2 cm³/mol. The van der Waals surface area contributed by atoms with Gasteiger partial charge < -0.3 is 5.73 Å². The van der Waals surface area contributed by atoms with Crippen molar-refractivity contribution in [2.45, 2.75) is 26.3 Å². The largest absolute Gasteiger partial charge is 0.324 e. The van der Waals surface area contributed by atoms with Gasteiger partial charge in [-0.1, -0.05) is 32.0 Å². The Bertz CT molecular complexity index is 346. The van der Waals surface area contributed by atoms with E-state index in [1.54, 1.807) is 12.1 Å². The first-order chi connectivity index (χ1) is 6.52. The lowest BCUT2D eigenvalue weighted by Gasteiger charge is -2.14. The van der Waals surface area contributed by atoms with E-state index in [1.807, 2.05) is 6.07 Å². The first-order valence-corrected chi connectivity index (χ1v) is 5.02. The van der Waals surface area contributed by atoms with Crippen LogP contribution >= 0.6 is 0 Å². The average Bonchev–Trinajstić information content (AvgIpc) is 2.75. The van der Waals surface area contributed by atoms with Crippen molar-refractivity contribution in [2.75, 3.05) is 0 Å². The molecule has 0 heterocycles. The lowest BCUT2D eigenvalue weighted by molar-refractivity contribution is 0.474. The number of rotatable bonds is 2. The van der Waals surface area contributed by atoms with Gasteiger partial charge in [0.15, 0.2) is 0 Å². The second-order valence-electron chi connectivity index (χ2n) is 4.85. The Balaban J connectivity index is 2.21. The Hall–Kier alpha value is -0.890. The zero-order chi connectivity index (χ0) is 10.3. The molecule has 2 rings (SSSR count). The van der Waals surface area contributed by atoms with E-state index < -0.39 is 0 Å². The molecule has 1 aromatic rings. The smallest absolute Gasteiger partial charge is 0.127 e. The standard InChI is InChI=1S/C12H16FN/c1-12(2)7-9(12)11(14)8-5-3-4-6-10(8)13/h3-6,9,11H,7,14H2,1-2H3. The molecule has 2 atom stereocenters. The second kappa shape index (κ2) is 3.06. The van der Waals surface area contributed by atoms with Gasteiger partial charge in [0.2, 0.25) is 0 Å². The van der Waals surface area contributed by atoms with Crippen molar-refractivity contribution in [3.8, 4) is 0 Å². The van der Waals surface area contributed by atoms with Gasteiger partial charge in [0.05, 0.1) is 0 Å². The van der Waals surface area contributed by atoms with Crippen molar-refractivity contribution in [1.29, 1.82) is 0 Å². The Kier molecular flexibility index (Phi) is 2.11. The molecule has 0 bridgehead atoms. The highest BCUT2D eigenvalue weighted by atomic mass is 19.1. The molecule has 1 fully saturated rings. The van der Waals surface area contributed by atoms with Crippen LogP contribution in [-0.2, 0) is 0 Å². The molecule has 1 aliphatic rings. The molecule has 2 heteroatoms. The minimum atomic E-state index is -0.178. The number of benzene rings is 1. The minimum absolute atomic E-state index is 0.147. The third-order valence-corrected chi connectivity index (χ3v) is 3.29. The van der Waals surface area contributed by atoms with E-state index in [0.717, 1.165) is 6.42 Å². The topological polar surface area (TPSA) is 26.0 Å². The second-order valence-corrected chi connectivity index (χ2v) is 4.85. The van der Waals surface area contributed by atoms with Gasteiger partial charge in [-0.25, -0.2) is 4.39 Å². The molecule has 1 nitrogen and oxygen atoms in total. The van der Waals surface area contributed by atoms with E-state index in [-0.39, 0.29) is 11.9 Å². The summed E-state index contributed by atoms with van der Waals surface area (Å²) in [5, 5.41) is 0. The Morgan fingerprint density at radius 2 is 2.00 bits per heavy atom. The Labute approximate surface area is 84.1 Å². The van der Waals surface area contributed by atoms with Gasteiger partial charge in [0.25, 0.3) is 0 Å². The van der Waals surface area contributed by atoms with Gasteiger partial charge in [-0.3, -0.25) is 0 Å². The molecule has 2 unspecified atom stereocenters. The molecular weight excluding hydrogens is 177 g/mol. The number of hydrogen-bond donors (Lipinski definition) is 1. The normalized spacial score (nSPS) is 25.9. The van der Waals surface area contributed by atoms with Gasteiger partial charge in [-0.05, 0) is 23.8 Å². The molecule has 1 aliphatic carbocycles. The predicted octanol–water partition coefficient (Wildman–Crippen LogP) is 2.87. The van der Waals surface area contributed by atoms with Crippen molar-refractivity contribution in [2.24, 2.45) is 17.1 Å². The molecule has 2 N–H and O–H groups in total. The van der Waals surface area contributed by atoms with Crippen molar-refractivity contribution in [3.63, 3.8) is 0 Å². The van der Waals surface area contributed by atoms with Gasteiger partial charge in [-0.2, -0.15) is 0 Å². The van der Waals surface area contributed by atoms with Crippen LogP contribution < -0.4 is 5.73 Å². The van der Waals surface area contributed by atoms with Crippen molar-refractivity contribution in [3.05, 3.63) is 35.6 Å². The molecule has 76 valence electrons. The van der Waals surface area contributed by atoms with Gasteiger partial charge in [0.1, 0.15) is 5.82 Å². The molecule has 0 saturated heterocycles. The summed E-state index contributed by atoms with van der Waals surface area (Å²) in [6, 6.07) is 6.65. The van der Waals surface area contributed by atoms with Crippen LogP contribution in [0.25, 0.3) is 0 Å². The van der Waals surface area contributed by atoms with E-state index in [0.29, 0.717) is 16.9 Å². The van der Waals surface area contributed by atoms with Gasteiger partial charge in [0, 0.05) is 11.6 Å². The SMILES string of the molecule is CC1(C)CC1C(N)c1ccccc1F. The highest BCUT2D eigenvalue weighted by Gasteiger charge is 2.49. The molecule has 0 aliphatic heterocycles. The summed E-state index contributed by atoms with van der Waals surface area (Å²) in [7, 11) is 0. The van der Waals surface area contributed by atoms with Crippen LogP contribution in [0.5, 0.6) is 0 Å². The zero-order valence-electron chi connectivity index (χ0n) is 8.63. The zero-order valence-corrected chi connectivity index (χ0v) is 8.63. The summed E-state index contributed by atoms with van der Waals surface area (Å²) in [4.78, 5) is 0. The average molecular weight is 193 g/mol. The summed E-state index contributed by atoms with van der Waals surface area (Å²) in [5.74, 6) is 0.252. The highest BCUT2D eigenvalue weighted by molar-refractivity contribution is 5.24. The van der Waals surface area contributed by atoms with Crippen LogP contribution in [-0.4, -0.2) is 0 Å². The molecule has 0 amide bonds. The Morgan fingerprint density at radius 1 is 1.43 bits per heavy atom. The minimum Gasteiger partial charge on any atom is -0.324 e. The van der Waals surface area contributed by atoms with E-state index in [4.69, 9.17) is 5.73 Å². The fourth-order valence-electron chi connectivity index (χ4n) is 2.08. The van der Waals surface area contributed by atoms with Crippen LogP contribution in [0.2, 0.25) is 0 Å². The van der Waals surface area contributed by atoms with Crippen LogP contribution in [0, 0.1) is 17.2 Å². The quantitative estimate of drug-likeness (QED) is 0.768. The first kappa shape index (κ1) is 9.66. The summed E-state index contributed by atoms with van der Waals surface area (Å²) in [5.41, 5.74) is 6.99. The summed E-state index contributed by atoms with van der Waals surface area (Å²) < 4.78 is 13.4. The molecule has 0 spiro atoms. The summed E-state index contributed by atoms with van der Waals surface area (Å²) >= 11 is 0. The lowest BCUT2D eigenvalue weighted by Crippen LogP contribution is -2.16. The van der Waals surface area contributed by atoms with E-state index in [9.17, 15) is 4.39 Å². The van der Waals surface area contributed by atoms with E-state index in [2.05, 4.69) is 13.8 Å². The fraction of sp³-hybridized carbons (Fsp3) is 0.500. The molecular formula is C12H16FN. The molecule has 1 aromatic carbocycles. The van der Waals surface area contributed by atoms with Crippen molar-refractivity contribution < 1.29 is 4.39 Å². The highest BCUT2D eigenvalue weighted by Crippen LogP contribution is 2.57.